The normalized spacial score (nSPS) is 6.44. The molecule has 0 heterocycles. The SMILES string of the molecule is [CH3-].[Cl][Pt].[Cl][Pt].[NH-]CCCC[NH2+]CCC[NH-].[NH2-].[NH2-].[NH2-]. The molecule has 0 spiro atoms. The summed E-state index contributed by atoms with van der Waals surface area (Å²) in [6, 6.07) is 0. The molecule has 0 bridgehead atoms. The summed E-state index contributed by atoms with van der Waals surface area (Å²) in [5.41, 5.74) is 13.7. The molecule has 0 atom stereocenters. The number of nitrogens with two attached hydrogens (primary N) is 4. The molecule has 0 saturated heterocycles. The van der Waals surface area contributed by atoms with Crippen LogP contribution < -0.4 is 5.32 Å². The van der Waals surface area contributed by atoms with Crippen molar-refractivity contribution in [2.75, 3.05) is 26.2 Å². The molecule has 10 N–H and O–H groups in total. The summed E-state index contributed by atoms with van der Waals surface area (Å²) >= 11 is 3.22. The molecule has 0 fully saturated rings. The van der Waals surface area contributed by atoms with Crippen molar-refractivity contribution in [1.82, 2.24) is 0 Å². The maximum Gasteiger partial charge on any atom is 0.0754 e. The Labute approximate surface area is 143 Å². The van der Waals surface area contributed by atoms with E-state index in [-0.39, 0.29) is 25.9 Å². The summed E-state index contributed by atoms with van der Waals surface area (Å²) in [6.45, 7) is 3.33. The van der Waals surface area contributed by atoms with Gasteiger partial charge in [-0.1, -0.05) is 6.42 Å². The van der Waals surface area contributed by atoms with E-state index in [1.54, 1.807) is 37.5 Å². The number of unbranched alkanes of at least 4 members (excludes halogenated alkanes) is 1. The third-order valence-electron chi connectivity index (χ3n) is 1.42. The van der Waals surface area contributed by atoms with Crippen LogP contribution in [-0.2, 0) is 37.5 Å². The molecule has 128 valence electrons. The van der Waals surface area contributed by atoms with Gasteiger partial charge in [0, 0.05) is 0 Å². The predicted octanol–water partition coefficient (Wildman–Crippen LogP) is 4.80. The van der Waals surface area contributed by atoms with Crippen molar-refractivity contribution in [2.24, 2.45) is 0 Å². The van der Waals surface area contributed by atoms with Gasteiger partial charge in [-0.15, -0.1) is 6.54 Å². The van der Waals surface area contributed by atoms with Crippen molar-refractivity contribution in [2.45, 2.75) is 19.3 Å². The van der Waals surface area contributed by atoms with E-state index < -0.39 is 0 Å². The van der Waals surface area contributed by atoms with E-state index >= 15 is 0 Å². The second-order valence-electron chi connectivity index (χ2n) is 2.43. The first-order valence-electron chi connectivity index (χ1n) is 4.26. The number of nitrogens with one attached hydrogen (secondary N) is 2. The minimum Gasteiger partial charge on any atom is -0.693 e. The van der Waals surface area contributed by atoms with Gasteiger partial charge in [0.2, 0.25) is 0 Å². The van der Waals surface area contributed by atoms with E-state index in [0.717, 1.165) is 32.4 Å². The smallest absolute Gasteiger partial charge is 0.0754 e. The molecule has 0 saturated carbocycles. The summed E-state index contributed by atoms with van der Waals surface area (Å²) in [6.07, 6.45) is 3.18. The zero-order valence-corrected chi connectivity index (χ0v) is 16.7. The fourth-order valence-electron chi connectivity index (χ4n) is 0.804. The zero-order valence-electron chi connectivity index (χ0n) is 10.6. The van der Waals surface area contributed by atoms with Crippen LogP contribution in [-0.4, -0.2) is 26.2 Å². The monoisotopic (exact) mass is 667 g/mol. The Hall–Kier alpha value is 1.72. The van der Waals surface area contributed by atoms with Crippen LogP contribution in [0.2, 0.25) is 0 Å². The molecule has 10 heteroatoms. The second-order valence-corrected chi connectivity index (χ2v) is 2.43. The van der Waals surface area contributed by atoms with E-state index in [0.29, 0.717) is 13.1 Å². The molecule has 0 radical (unpaired) electrons. The minimum atomic E-state index is 0. The van der Waals surface area contributed by atoms with Crippen LogP contribution in [0.15, 0.2) is 0 Å². The van der Waals surface area contributed by atoms with Crippen molar-refractivity contribution < 1.29 is 42.9 Å². The number of hydrogen-bond acceptors (Lipinski definition) is 0. The first kappa shape index (κ1) is 42.7. The van der Waals surface area contributed by atoms with E-state index in [2.05, 4.69) is 24.2 Å². The van der Waals surface area contributed by atoms with Crippen molar-refractivity contribution in [3.8, 4) is 0 Å². The van der Waals surface area contributed by atoms with Gasteiger partial charge in [0.05, 0.1) is 13.1 Å². The number of quaternary nitrogens is 1. The molecule has 0 aromatic rings. The topological polar surface area (TPSA) is 165 Å². The van der Waals surface area contributed by atoms with E-state index in [1.807, 2.05) is 0 Å². The molecule has 0 aromatic heterocycles. The summed E-state index contributed by atoms with van der Waals surface area (Å²) in [5.74, 6) is 0. The van der Waals surface area contributed by atoms with Crippen LogP contribution in [0.3, 0.4) is 0 Å². The fraction of sp³-hybridized carbons (Fsp3) is 0.875. The Bertz CT molecular complexity index is 71.5. The van der Waals surface area contributed by atoms with E-state index in [1.165, 1.54) is 0 Å². The average molecular weight is 668 g/mol. The van der Waals surface area contributed by atoms with Gasteiger partial charge in [0.1, 0.15) is 0 Å². The summed E-state index contributed by atoms with van der Waals surface area (Å²) in [7, 11) is 9.22. The van der Waals surface area contributed by atoms with Crippen molar-refractivity contribution >= 4 is 18.8 Å². The first-order valence-corrected chi connectivity index (χ1v) is 9.89. The second kappa shape index (κ2) is 62.2. The number of halogens is 2. The van der Waals surface area contributed by atoms with E-state index in [4.69, 9.17) is 11.5 Å². The molecule has 18 heavy (non-hydrogen) atoms. The molecule has 0 amide bonds. The third-order valence-corrected chi connectivity index (χ3v) is 1.42. The minimum absolute atomic E-state index is 0. The van der Waals surface area contributed by atoms with Gasteiger partial charge in [0.15, 0.2) is 0 Å². The fourth-order valence-corrected chi connectivity index (χ4v) is 0.804. The van der Waals surface area contributed by atoms with Gasteiger partial charge in [-0.3, -0.25) is 0 Å². The van der Waals surface area contributed by atoms with Crippen LogP contribution >= 0.6 is 18.8 Å². The molecule has 0 aliphatic carbocycles. The van der Waals surface area contributed by atoms with Gasteiger partial charge in [-0.25, -0.2) is 0 Å². The summed E-state index contributed by atoms with van der Waals surface area (Å²) < 4.78 is 0. The third kappa shape index (κ3) is 65.2. The first-order chi connectivity index (χ1) is 6.91. The molecule has 0 rings (SSSR count). The molecular formula is C8H27Cl2N6Pt2-5. The Morgan fingerprint density at radius 3 is 1.39 bits per heavy atom. The van der Waals surface area contributed by atoms with Gasteiger partial charge >= 0.3 is 56.4 Å². The standard InChI is InChI=1S/C7H17N3.CH3.2ClH.3H2N.2Pt/c8-4-1-2-6-10-7-3-5-9;;;;;;;;/h8-10H,1-7H2;1H3;2*1H;3*1H2;;/q-2;-1;;;3*-1;2*+1/p-1. The number of rotatable bonds is 7. The largest absolute Gasteiger partial charge is 0.693 e. The molecule has 0 unspecified atom stereocenters. The maximum absolute atomic E-state index is 6.88. The average Bonchev–Trinajstić information content (AvgIpc) is 2.29. The molecule has 0 aliphatic heterocycles. The molecule has 0 aromatic carbocycles. The van der Waals surface area contributed by atoms with Crippen LogP contribution in [0.25, 0.3) is 29.9 Å². The van der Waals surface area contributed by atoms with Crippen molar-refractivity contribution in [1.29, 1.82) is 0 Å². The maximum atomic E-state index is 6.88. The predicted molar refractivity (Wildman–Crippen MR) is 77.9 cm³/mol. The molecular weight excluding hydrogens is 641 g/mol. The quantitative estimate of drug-likeness (QED) is 0.291. The van der Waals surface area contributed by atoms with Crippen LogP contribution in [0.1, 0.15) is 19.3 Å². The van der Waals surface area contributed by atoms with Gasteiger partial charge in [-0.05, 0) is 12.8 Å². The van der Waals surface area contributed by atoms with E-state index in [9.17, 15) is 0 Å². The number of hydrogen-bond donors (Lipinski definition) is 1. The van der Waals surface area contributed by atoms with Gasteiger partial charge in [0.25, 0.3) is 0 Å². The Morgan fingerprint density at radius 2 is 1.06 bits per heavy atom. The van der Waals surface area contributed by atoms with Crippen molar-refractivity contribution in [3.05, 3.63) is 37.3 Å². The van der Waals surface area contributed by atoms with Crippen LogP contribution in [0, 0.1) is 7.43 Å². The summed E-state index contributed by atoms with van der Waals surface area (Å²) in [4.78, 5) is 0. The van der Waals surface area contributed by atoms with Gasteiger partial charge < -0.3 is 42.7 Å². The zero-order chi connectivity index (χ0) is 11.7. The Balaban J connectivity index is -0.0000000275. The van der Waals surface area contributed by atoms with Crippen LogP contribution in [0.5, 0.6) is 0 Å². The Morgan fingerprint density at radius 1 is 0.722 bits per heavy atom. The molecule has 6 nitrogen and oxygen atoms in total. The summed E-state index contributed by atoms with van der Waals surface area (Å²) in [5, 5.41) is 2.24. The van der Waals surface area contributed by atoms with Gasteiger partial charge in [-0.2, -0.15) is 6.54 Å². The molecule has 0 aliphatic rings. The van der Waals surface area contributed by atoms with Crippen LogP contribution in [0.4, 0.5) is 0 Å². The van der Waals surface area contributed by atoms with Crippen molar-refractivity contribution in [3.63, 3.8) is 0 Å². The Kier molecular flexibility index (Phi) is 148.